The average molecular weight is 375 g/mol. The van der Waals surface area contributed by atoms with Crippen LogP contribution in [0.4, 0.5) is 11.5 Å². The van der Waals surface area contributed by atoms with Crippen LogP contribution in [-0.2, 0) is 9.84 Å². The molecular weight excluding hydrogens is 354 g/mol. The molecule has 0 saturated carbocycles. The molecule has 138 valence electrons. The lowest BCUT2D eigenvalue weighted by atomic mass is 10.2. The van der Waals surface area contributed by atoms with Crippen molar-refractivity contribution in [3.63, 3.8) is 0 Å². The molecule has 0 aliphatic rings. The first-order valence-electron chi connectivity index (χ1n) is 7.87. The van der Waals surface area contributed by atoms with Gasteiger partial charge in [-0.05, 0) is 26.8 Å². The van der Waals surface area contributed by atoms with Crippen molar-refractivity contribution in [2.45, 2.75) is 30.4 Å². The highest BCUT2D eigenvalue weighted by Gasteiger charge is 2.34. The van der Waals surface area contributed by atoms with Crippen LogP contribution < -0.4 is 16.2 Å². The van der Waals surface area contributed by atoms with Gasteiger partial charge in [0.25, 0.3) is 0 Å². The van der Waals surface area contributed by atoms with Gasteiger partial charge in [-0.2, -0.15) is 0 Å². The van der Waals surface area contributed by atoms with Gasteiger partial charge in [0.15, 0.2) is 9.84 Å². The molecule has 0 spiro atoms. The summed E-state index contributed by atoms with van der Waals surface area (Å²) in [7, 11) is -2.20. The molecule has 3 heterocycles. The van der Waals surface area contributed by atoms with Gasteiger partial charge in [0.2, 0.25) is 0 Å². The summed E-state index contributed by atoms with van der Waals surface area (Å²) in [4.78, 5) is 8.48. The highest BCUT2D eigenvalue weighted by atomic mass is 32.2. The second kappa shape index (κ2) is 5.87. The first-order chi connectivity index (χ1) is 12.1. The van der Waals surface area contributed by atoms with E-state index in [0.29, 0.717) is 22.6 Å². The van der Waals surface area contributed by atoms with E-state index in [4.69, 9.17) is 16.2 Å². The summed E-state index contributed by atoms with van der Waals surface area (Å²) in [5.41, 5.74) is 13.7. The van der Waals surface area contributed by atoms with Gasteiger partial charge in [-0.3, -0.25) is 4.40 Å². The molecule has 0 amide bonds. The largest absolute Gasteiger partial charge is 0.495 e. The first kappa shape index (κ1) is 18.0. The molecule has 0 fully saturated rings. The number of ether oxygens (including phenoxy) is 1. The molecule has 0 bridgehead atoms. The van der Waals surface area contributed by atoms with Gasteiger partial charge in [-0.15, -0.1) is 0 Å². The summed E-state index contributed by atoms with van der Waals surface area (Å²) in [5, 5.41) is 0. The van der Waals surface area contributed by atoms with Gasteiger partial charge < -0.3 is 16.2 Å². The van der Waals surface area contributed by atoms with Gasteiger partial charge in [0, 0.05) is 24.0 Å². The fourth-order valence-corrected chi connectivity index (χ4v) is 3.84. The predicted octanol–water partition coefficient (Wildman–Crippen LogP) is 2.14. The number of hydrogen-bond acceptors (Lipinski definition) is 7. The van der Waals surface area contributed by atoms with E-state index in [9.17, 15) is 8.42 Å². The molecule has 26 heavy (non-hydrogen) atoms. The van der Waals surface area contributed by atoms with E-state index in [2.05, 4.69) is 9.97 Å². The minimum absolute atomic E-state index is 0.0932. The van der Waals surface area contributed by atoms with Crippen molar-refractivity contribution in [2.24, 2.45) is 0 Å². The molecule has 9 heteroatoms. The number of rotatable bonds is 3. The standard InChI is InChI=1S/C17H21N5O3S/c1-17(2,3)26(23,24)14-9-22-12(8-20-15(22)6-13(14)25-4)10-5-11(18)16(19)21-7-10/h5-9H,18H2,1-4H3,(H2,19,21). The molecule has 0 atom stereocenters. The summed E-state index contributed by atoms with van der Waals surface area (Å²) < 4.78 is 32.0. The van der Waals surface area contributed by atoms with Crippen LogP contribution in [0.25, 0.3) is 16.9 Å². The molecule has 0 saturated heterocycles. The third kappa shape index (κ3) is 2.74. The van der Waals surface area contributed by atoms with Crippen LogP contribution in [0.5, 0.6) is 5.75 Å². The zero-order chi connectivity index (χ0) is 19.3. The normalized spacial score (nSPS) is 12.5. The van der Waals surface area contributed by atoms with Gasteiger partial charge in [0.1, 0.15) is 22.1 Å². The fourth-order valence-electron chi connectivity index (χ4n) is 2.52. The Labute approximate surface area is 151 Å². The van der Waals surface area contributed by atoms with E-state index in [-0.39, 0.29) is 16.5 Å². The number of aromatic nitrogens is 3. The number of imidazole rings is 1. The Hall–Kier alpha value is -2.81. The number of nitrogen functional groups attached to an aromatic ring is 2. The molecule has 0 aliphatic carbocycles. The second-order valence-electron chi connectivity index (χ2n) is 6.89. The summed E-state index contributed by atoms with van der Waals surface area (Å²) in [5.74, 6) is 0.486. The maximum absolute atomic E-state index is 13.0. The number of nitrogens with zero attached hydrogens (tertiary/aromatic N) is 3. The summed E-state index contributed by atoms with van der Waals surface area (Å²) >= 11 is 0. The smallest absolute Gasteiger partial charge is 0.188 e. The summed E-state index contributed by atoms with van der Waals surface area (Å²) in [6.07, 6.45) is 4.70. The topological polar surface area (TPSA) is 126 Å². The number of pyridine rings is 2. The maximum Gasteiger partial charge on any atom is 0.188 e. The highest BCUT2D eigenvalue weighted by Crippen LogP contribution is 2.34. The van der Waals surface area contributed by atoms with Crippen molar-refractivity contribution in [3.05, 3.63) is 30.7 Å². The lowest BCUT2D eigenvalue weighted by Crippen LogP contribution is -2.28. The highest BCUT2D eigenvalue weighted by molar-refractivity contribution is 7.92. The lowest BCUT2D eigenvalue weighted by Gasteiger charge is -2.21. The van der Waals surface area contributed by atoms with Crippen molar-refractivity contribution >= 4 is 27.0 Å². The van der Waals surface area contributed by atoms with Gasteiger partial charge in [-0.1, -0.05) is 0 Å². The van der Waals surface area contributed by atoms with E-state index >= 15 is 0 Å². The van der Waals surface area contributed by atoms with Crippen LogP contribution in [0.1, 0.15) is 20.8 Å². The van der Waals surface area contributed by atoms with Crippen molar-refractivity contribution in [1.29, 1.82) is 0 Å². The first-order valence-corrected chi connectivity index (χ1v) is 9.35. The Morgan fingerprint density at radius 3 is 2.38 bits per heavy atom. The molecule has 0 aromatic carbocycles. The van der Waals surface area contributed by atoms with E-state index in [0.717, 1.165) is 0 Å². The maximum atomic E-state index is 13.0. The molecule has 0 aliphatic heterocycles. The number of anilines is 2. The SMILES string of the molecule is COc1cc2ncc(-c3cnc(N)c(N)c3)n2cc1S(=O)(=O)C(C)(C)C. The number of methoxy groups -OCH3 is 1. The third-order valence-electron chi connectivity index (χ3n) is 4.14. The Morgan fingerprint density at radius 2 is 1.81 bits per heavy atom. The van der Waals surface area contributed by atoms with E-state index in [1.54, 1.807) is 49.7 Å². The monoisotopic (exact) mass is 375 g/mol. The van der Waals surface area contributed by atoms with Crippen molar-refractivity contribution < 1.29 is 13.2 Å². The van der Waals surface area contributed by atoms with E-state index in [1.807, 2.05) is 0 Å². The molecule has 3 rings (SSSR count). The second-order valence-corrected chi connectivity index (χ2v) is 9.56. The molecular formula is C17H21N5O3S. The Morgan fingerprint density at radius 1 is 1.12 bits per heavy atom. The Balaban J connectivity index is 2.30. The zero-order valence-electron chi connectivity index (χ0n) is 15.0. The predicted molar refractivity (Wildman–Crippen MR) is 101 cm³/mol. The molecule has 4 N–H and O–H groups in total. The summed E-state index contributed by atoms with van der Waals surface area (Å²) in [6, 6.07) is 3.27. The Kier molecular flexibility index (Phi) is 4.06. The van der Waals surface area contributed by atoms with Crippen LogP contribution in [0.2, 0.25) is 0 Å². The summed E-state index contributed by atoms with van der Waals surface area (Å²) in [6.45, 7) is 4.93. The van der Waals surface area contributed by atoms with Crippen LogP contribution in [0.15, 0.2) is 35.6 Å². The van der Waals surface area contributed by atoms with Crippen LogP contribution >= 0.6 is 0 Å². The number of fused-ring (bicyclic) bond motifs is 1. The Bertz CT molecular complexity index is 1100. The third-order valence-corrected chi connectivity index (χ3v) is 6.63. The molecule has 0 radical (unpaired) electrons. The zero-order valence-corrected chi connectivity index (χ0v) is 15.8. The fraction of sp³-hybridized carbons (Fsp3) is 0.294. The van der Waals surface area contributed by atoms with Gasteiger partial charge >= 0.3 is 0 Å². The van der Waals surface area contributed by atoms with Crippen LogP contribution in [0, 0.1) is 0 Å². The molecule has 3 aromatic heterocycles. The van der Waals surface area contributed by atoms with Crippen molar-refractivity contribution in [1.82, 2.24) is 14.4 Å². The minimum Gasteiger partial charge on any atom is -0.495 e. The van der Waals surface area contributed by atoms with Gasteiger partial charge in [0.05, 0.1) is 29.4 Å². The minimum atomic E-state index is -3.64. The van der Waals surface area contributed by atoms with Crippen molar-refractivity contribution in [2.75, 3.05) is 18.6 Å². The van der Waals surface area contributed by atoms with E-state index < -0.39 is 14.6 Å². The molecule has 3 aromatic rings. The van der Waals surface area contributed by atoms with Gasteiger partial charge in [-0.25, -0.2) is 18.4 Å². The van der Waals surface area contributed by atoms with Crippen LogP contribution in [0.3, 0.4) is 0 Å². The van der Waals surface area contributed by atoms with E-state index in [1.165, 1.54) is 13.3 Å². The lowest BCUT2D eigenvalue weighted by molar-refractivity contribution is 0.401. The number of sulfone groups is 1. The quantitative estimate of drug-likeness (QED) is 0.718. The van der Waals surface area contributed by atoms with Crippen molar-refractivity contribution in [3.8, 4) is 17.0 Å². The van der Waals surface area contributed by atoms with Crippen LogP contribution in [-0.4, -0.2) is 34.6 Å². The molecule has 0 unspecified atom stereocenters. The molecule has 8 nitrogen and oxygen atoms in total. The average Bonchev–Trinajstić information content (AvgIpc) is 2.98. The number of nitrogens with two attached hydrogens (primary N) is 2. The number of hydrogen-bond donors (Lipinski definition) is 2.